The molecule has 0 spiro atoms. The number of amides is 1. The first-order valence-electron chi connectivity index (χ1n) is 9.24. The Bertz CT molecular complexity index is 1160. The molecule has 0 radical (unpaired) electrons. The van der Waals surface area contributed by atoms with Crippen molar-refractivity contribution < 1.29 is 9.18 Å². The Hall–Kier alpha value is -3.24. The molecular weight excluding hydrogens is 387 g/mol. The van der Waals surface area contributed by atoms with Gasteiger partial charge < -0.3 is 5.32 Å². The normalized spacial score (nSPS) is 11.9. The van der Waals surface area contributed by atoms with Gasteiger partial charge in [-0.05, 0) is 47.5 Å². The maximum absolute atomic E-state index is 15.1. The van der Waals surface area contributed by atoms with Gasteiger partial charge >= 0.3 is 0 Å². The lowest BCUT2D eigenvalue weighted by Gasteiger charge is -2.14. The van der Waals surface area contributed by atoms with E-state index in [1.807, 2.05) is 24.3 Å². The molecule has 0 aliphatic heterocycles. The summed E-state index contributed by atoms with van der Waals surface area (Å²) in [5.74, 6) is -0.352. The second kappa shape index (κ2) is 8.41. The molecule has 1 amide bonds. The van der Waals surface area contributed by atoms with Gasteiger partial charge in [-0.1, -0.05) is 54.1 Å². The predicted octanol–water partition coefficient (Wildman–Crippen LogP) is 6.39. The molecule has 0 aliphatic carbocycles. The number of carbonyl (C=O) groups is 1. The van der Waals surface area contributed by atoms with Crippen LogP contribution in [-0.4, -0.2) is 10.9 Å². The van der Waals surface area contributed by atoms with Crippen LogP contribution in [0.5, 0.6) is 0 Å². The molecule has 3 nitrogen and oxygen atoms in total. The number of benzene rings is 3. The lowest BCUT2D eigenvalue weighted by Crippen LogP contribution is -2.15. The fourth-order valence-corrected chi connectivity index (χ4v) is 3.38. The average Bonchev–Trinajstić information content (AvgIpc) is 2.75. The summed E-state index contributed by atoms with van der Waals surface area (Å²) in [5.41, 5.74) is 2.89. The molecule has 4 rings (SSSR count). The van der Waals surface area contributed by atoms with Gasteiger partial charge in [0.25, 0.3) is 5.91 Å². The van der Waals surface area contributed by atoms with Crippen molar-refractivity contribution in [1.29, 1.82) is 0 Å². The number of anilines is 1. The molecule has 3 aromatic carbocycles. The minimum atomic E-state index is -1.31. The highest BCUT2D eigenvalue weighted by atomic mass is 35.5. The molecule has 4 aromatic rings. The van der Waals surface area contributed by atoms with Gasteiger partial charge in [-0.15, -0.1) is 0 Å². The lowest BCUT2D eigenvalue weighted by atomic mass is 9.97. The third-order valence-corrected chi connectivity index (χ3v) is 4.99. The lowest BCUT2D eigenvalue weighted by molar-refractivity contribution is 0.102. The quantitative estimate of drug-likeness (QED) is 0.418. The molecule has 1 N–H and O–H groups in total. The maximum Gasteiger partial charge on any atom is 0.256 e. The van der Waals surface area contributed by atoms with Crippen molar-refractivity contribution in [3.8, 4) is 0 Å². The molecule has 1 aromatic heterocycles. The zero-order valence-corrected chi connectivity index (χ0v) is 16.2. The SMILES string of the molecule is O=C(Nc1ccc2cccnc2c1)c1ccccc1C(F)Cc1ccc(Cl)cc1. The van der Waals surface area contributed by atoms with Crippen molar-refractivity contribution in [3.05, 3.63) is 107 Å². The molecule has 1 atom stereocenters. The first-order valence-corrected chi connectivity index (χ1v) is 9.61. The number of carbonyl (C=O) groups excluding carboxylic acids is 1. The zero-order valence-electron chi connectivity index (χ0n) is 15.5. The number of pyridine rings is 1. The summed E-state index contributed by atoms with van der Waals surface area (Å²) >= 11 is 5.89. The largest absolute Gasteiger partial charge is 0.322 e. The Kier molecular flexibility index (Phi) is 5.54. The molecule has 5 heteroatoms. The number of rotatable bonds is 5. The fourth-order valence-electron chi connectivity index (χ4n) is 3.26. The van der Waals surface area contributed by atoms with Crippen LogP contribution in [-0.2, 0) is 6.42 Å². The average molecular weight is 405 g/mol. The Morgan fingerprint density at radius 2 is 1.79 bits per heavy atom. The number of halogens is 2. The van der Waals surface area contributed by atoms with Crippen LogP contribution in [0.4, 0.5) is 10.1 Å². The summed E-state index contributed by atoms with van der Waals surface area (Å²) in [5, 5.41) is 4.44. The molecule has 0 aliphatic rings. The molecule has 1 heterocycles. The molecule has 0 bridgehead atoms. The molecule has 0 saturated carbocycles. The van der Waals surface area contributed by atoms with Gasteiger partial charge in [-0.25, -0.2) is 4.39 Å². The van der Waals surface area contributed by atoms with Crippen LogP contribution in [0.3, 0.4) is 0 Å². The number of hydrogen-bond donors (Lipinski definition) is 1. The number of nitrogens with one attached hydrogen (secondary N) is 1. The smallest absolute Gasteiger partial charge is 0.256 e. The van der Waals surface area contributed by atoms with Crippen LogP contribution in [0, 0.1) is 0 Å². The highest BCUT2D eigenvalue weighted by Crippen LogP contribution is 2.27. The maximum atomic E-state index is 15.1. The van der Waals surface area contributed by atoms with E-state index >= 15 is 4.39 Å². The summed E-state index contributed by atoms with van der Waals surface area (Å²) in [6.45, 7) is 0. The molecule has 144 valence electrons. The van der Waals surface area contributed by atoms with Gasteiger partial charge in [0.2, 0.25) is 0 Å². The van der Waals surface area contributed by atoms with Crippen molar-refractivity contribution in [2.24, 2.45) is 0 Å². The van der Waals surface area contributed by atoms with Crippen molar-refractivity contribution >= 4 is 34.1 Å². The van der Waals surface area contributed by atoms with E-state index in [0.29, 0.717) is 21.8 Å². The van der Waals surface area contributed by atoms with Crippen LogP contribution in [0.1, 0.15) is 27.7 Å². The Morgan fingerprint density at radius 3 is 2.62 bits per heavy atom. The Balaban J connectivity index is 1.56. The summed E-state index contributed by atoms with van der Waals surface area (Å²) < 4.78 is 15.1. The highest BCUT2D eigenvalue weighted by Gasteiger charge is 2.19. The van der Waals surface area contributed by atoms with Crippen molar-refractivity contribution in [3.63, 3.8) is 0 Å². The van der Waals surface area contributed by atoms with Gasteiger partial charge in [0.15, 0.2) is 0 Å². The molecule has 0 fully saturated rings. The van der Waals surface area contributed by atoms with E-state index in [0.717, 1.165) is 16.5 Å². The third kappa shape index (κ3) is 4.44. The number of hydrogen-bond acceptors (Lipinski definition) is 2. The Labute approximate surface area is 173 Å². The second-order valence-corrected chi connectivity index (χ2v) is 7.19. The second-order valence-electron chi connectivity index (χ2n) is 6.75. The first-order chi connectivity index (χ1) is 14.1. The molecule has 1 unspecified atom stereocenters. The fraction of sp³-hybridized carbons (Fsp3) is 0.0833. The number of alkyl halides is 1. The standard InChI is InChI=1S/C24H18ClFN2O/c25-18-10-7-16(8-11-18)14-22(26)20-5-1-2-6-21(20)24(29)28-19-12-9-17-4-3-13-27-23(17)15-19/h1-13,15,22H,14H2,(H,28,29). The van der Waals surface area contributed by atoms with E-state index in [1.165, 1.54) is 0 Å². The summed E-state index contributed by atoms with van der Waals surface area (Å²) in [7, 11) is 0. The van der Waals surface area contributed by atoms with Gasteiger partial charge in [0, 0.05) is 34.3 Å². The van der Waals surface area contributed by atoms with Gasteiger partial charge in [0.1, 0.15) is 6.17 Å². The first kappa shape index (κ1) is 19.1. The summed E-state index contributed by atoms with van der Waals surface area (Å²) in [6.07, 6.45) is 0.561. The van der Waals surface area contributed by atoms with Crippen molar-refractivity contribution in [2.75, 3.05) is 5.32 Å². The predicted molar refractivity (Wildman–Crippen MR) is 115 cm³/mol. The van der Waals surface area contributed by atoms with Crippen LogP contribution in [0.25, 0.3) is 10.9 Å². The van der Waals surface area contributed by atoms with E-state index in [-0.39, 0.29) is 12.3 Å². The van der Waals surface area contributed by atoms with Crippen molar-refractivity contribution in [2.45, 2.75) is 12.6 Å². The van der Waals surface area contributed by atoms with E-state index in [9.17, 15) is 4.79 Å². The zero-order chi connectivity index (χ0) is 20.2. The molecule has 29 heavy (non-hydrogen) atoms. The topological polar surface area (TPSA) is 42.0 Å². The minimum Gasteiger partial charge on any atom is -0.322 e. The van der Waals surface area contributed by atoms with Gasteiger partial charge in [0.05, 0.1) is 5.52 Å². The van der Waals surface area contributed by atoms with Gasteiger partial charge in [-0.2, -0.15) is 0 Å². The van der Waals surface area contributed by atoms with Crippen LogP contribution in [0.15, 0.2) is 85.1 Å². The van der Waals surface area contributed by atoms with Crippen LogP contribution >= 0.6 is 11.6 Å². The van der Waals surface area contributed by atoms with E-state index in [4.69, 9.17) is 11.6 Å². The van der Waals surface area contributed by atoms with Crippen molar-refractivity contribution in [1.82, 2.24) is 4.98 Å². The van der Waals surface area contributed by atoms with E-state index in [1.54, 1.807) is 60.8 Å². The number of nitrogens with zero attached hydrogens (tertiary/aromatic N) is 1. The summed E-state index contributed by atoms with van der Waals surface area (Å²) in [4.78, 5) is 17.2. The number of aromatic nitrogens is 1. The third-order valence-electron chi connectivity index (χ3n) is 4.73. The Morgan fingerprint density at radius 1 is 1.00 bits per heavy atom. The molecule has 0 saturated heterocycles. The minimum absolute atomic E-state index is 0.168. The van der Waals surface area contributed by atoms with E-state index < -0.39 is 6.17 Å². The number of fused-ring (bicyclic) bond motifs is 1. The monoisotopic (exact) mass is 404 g/mol. The van der Waals surface area contributed by atoms with E-state index in [2.05, 4.69) is 10.3 Å². The highest BCUT2D eigenvalue weighted by molar-refractivity contribution is 6.30. The summed E-state index contributed by atoms with van der Waals surface area (Å²) in [6, 6.07) is 23.1. The van der Waals surface area contributed by atoms with Crippen LogP contribution < -0.4 is 5.32 Å². The molecular formula is C24H18ClFN2O. The van der Waals surface area contributed by atoms with Crippen LogP contribution in [0.2, 0.25) is 5.02 Å². The van der Waals surface area contributed by atoms with Gasteiger partial charge in [-0.3, -0.25) is 9.78 Å².